The molecule has 0 spiro atoms. The standard InChI is InChI=1S/C7H15NO2/c1-6(4-7(9)10)5-8(2)3/h6H,4-5H2,1-3H3,(H,9,10). The molecule has 0 aliphatic carbocycles. The van der Waals surface area contributed by atoms with Crippen molar-refractivity contribution in [3.63, 3.8) is 0 Å². The van der Waals surface area contributed by atoms with Crippen LogP contribution in [0.4, 0.5) is 0 Å². The van der Waals surface area contributed by atoms with Gasteiger partial charge in [0.2, 0.25) is 0 Å². The number of aliphatic carboxylic acids is 1. The Morgan fingerprint density at radius 2 is 2.10 bits per heavy atom. The van der Waals surface area contributed by atoms with Crippen molar-refractivity contribution in [2.24, 2.45) is 5.92 Å². The normalized spacial score (nSPS) is 13.6. The molecule has 10 heavy (non-hydrogen) atoms. The van der Waals surface area contributed by atoms with Crippen molar-refractivity contribution in [1.29, 1.82) is 0 Å². The molecule has 3 heteroatoms. The van der Waals surface area contributed by atoms with Crippen molar-refractivity contribution in [2.45, 2.75) is 13.3 Å². The van der Waals surface area contributed by atoms with E-state index in [4.69, 9.17) is 5.11 Å². The third-order valence-corrected chi connectivity index (χ3v) is 1.20. The number of rotatable bonds is 4. The first kappa shape index (κ1) is 9.43. The first-order chi connectivity index (χ1) is 4.52. The summed E-state index contributed by atoms with van der Waals surface area (Å²) in [5.41, 5.74) is 0. The van der Waals surface area contributed by atoms with Gasteiger partial charge in [-0.2, -0.15) is 0 Å². The molecule has 1 unspecified atom stereocenters. The number of hydrogen-bond acceptors (Lipinski definition) is 2. The second kappa shape index (κ2) is 4.28. The van der Waals surface area contributed by atoms with Crippen LogP contribution in [0.2, 0.25) is 0 Å². The van der Waals surface area contributed by atoms with Crippen molar-refractivity contribution in [1.82, 2.24) is 4.90 Å². The fourth-order valence-electron chi connectivity index (χ4n) is 0.986. The molecule has 0 radical (unpaired) electrons. The van der Waals surface area contributed by atoms with Gasteiger partial charge >= 0.3 is 5.97 Å². The molecule has 1 N–H and O–H groups in total. The summed E-state index contributed by atoms with van der Waals surface area (Å²) < 4.78 is 0. The Balaban J connectivity index is 3.43. The van der Waals surface area contributed by atoms with E-state index in [0.29, 0.717) is 0 Å². The Morgan fingerprint density at radius 3 is 2.40 bits per heavy atom. The fraction of sp³-hybridized carbons (Fsp3) is 0.857. The number of carbonyl (C=O) groups is 1. The van der Waals surface area contributed by atoms with Crippen LogP contribution in [0.25, 0.3) is 0 Å². The number of carboxylic acid groups (broad SMARTS) is 1. The van der Waals surface area contributed by atoms with Gasteiger partial charge in [0.15, 0.2) is 0 Å². The zero-order valence-corrected chi connectivity index (χ0v) is 6.79. The maximum absolute atomic E-state index is 10.2. The highest BCUT2D eigenvalue weighted by Gasteiger charge is 2.07. The van der Waals surface area contributed by atoms with E-state index in [1.54, 1.807) is 0 Å². The molecule has 0 rings (SSSR count). The second-order valence-corrected chi connectivity index (χ2v) is 2.97. The maximum Gasteiger partial charge on any atom is 0.303 e. The molecule has 0 saturated heterocycles. The van der Waals surface area contributed by atoms with E-state index in [1.807, 2.05) is 25.9 Å². The Kier molecular flexibility index (Phi) is 4.03. The topological polar surface area (TPSA) is 40.5 Å². The lowest BCUT2D eigenvalue weighted by atomic mass is 10.1. The summed E-state index contributed by atoms with van der Waals surface area (Å²) >= 11 is 0. The van der Waals surface area contributed by atoms with E-state index < -0.39 is 5.97 Å². The van der Waals surface area contributed by atoms with Gasteiger partial charge in [-0.15, -0.1) is 0 Å². The summed E-state index contributed by atoms with van der Waals surface area (Å²) in [5.74, 6) is -0.471. The minimum atomic E-state index is -0.714. The van der Waals surface area contributed by atoms with Crippen LogP contribution in [-0.4, -0.2) is 36.6 Å². The summed E-state index contributed by atoms with van der Waals surface area (Å²) in [4.78, 5) is 12.2. The van der Waals surface area contributed by atoms with E-state index in [0.717, 1.165) is 6.54 Å². The highest BCUT2D eigenvalue weighted by Crippen LogP contribution is 2.01. The van der Waals surface area contributed by atoms with Crippen molar-refractivity contribution < 1.29 is 9.90 Å². The smallest absolute Gasteiger partial charge is 0.303 e. The van der Waals surface area contributed by atoms with Gasteiger partial charge in [-0.25, -0.2) is 0 Å². The molecule has 0 fully saturated rings. The molecule has 0 saturated carbocycles. The van der Waals surface area contributed by atoms with Gasteiger partial charge in [0.25, 0.3) is 0 Å². The Morgan fingerprint density at radius 1 is 1.60 bits per heavy atom. The van der Waals surface area contributed by atoms with E-state index in [1.165, 1.54) is 0 Å². The summed E-state index contributed by atoms with van der Waals surface area (Å²) in [6.07, 6.45) is 0.262. The Hall–Kier alpha value is -0.570. The van der Waals surface area contributed by atoms with E-state index >= 15 is 0 Å². The molecule has 0 bridgehead atoms. The average Bonchev–Trinajstić information content (AvgIpc) is 1.58. The zero-order valence-electron chi connectivity index (χ0n) is 6.79. The second-order valence-electron chi connectivity index (χ2n) is 2.97. The summed E-state index contributed by atoms with van der Waals surface area (Å²) in [6.45, 7) is 2.78. The minimum Gasteiger partial charge on any atom is -0.481 e. The summed E-state index contributed by atoms with van der Waals surface area (Å²) in [5, 5.41) is 8.38. The molecule has 0 aliphatic rings. The van der Waals surface area contributed by atoms with Crippen molar-refractivity contribution >= 4 is 5.97 Å². The molecule has 0 heterocycles. The van der Waals surface area contributed by atoms with Crippen molar-refractivity contribution in [2.75, 3.05) is 20.6 Å². The third-order valence-electron chi connectivity index (χ3n) is 1.20. The predicted molar refractivity (Wildman–Crippen MR) is 40.0 cm³/mol. The fourth-order valence-corrected chi connectivity index (χ4v) is 0.986. The first-order valence-corrected chi connectivity index (χ1v) is 3.39. The SMILES string of the molecule is CC(CC(=O)O)CN(C)C. The van der Waals surface area contributed by atoms with Crippen LogP contribution >= 0.6 is 0 Å². The van der Waals surface area contributed by atoms with Gasteiger partial charge in [0.05, 0.1) is 0 Å². The monoisotopic (exact) mass is 145 g/mol. The number of carboxylic acids is 1. The van der Waals surface area contributed by atoms with Gasteiger partial charge in [0.1, 0.15) is 0 Å². The van der Waals surface area contributed by atoms with Crippen LogP contribution in [0.15, 0.2) is 0 Å². The molecule has 60 valence electrons. The van der Waals surface area contributed by atoms with Crippen LogP contribution in [0, 0.1) is 5.92 Å². The maximum atomic E-state index is 10.2. The summed E-state index contributed by atoms with van der Waals surface area (Å²) in [7, 11) is 3.89. The average molecular weight is 145 g/mol. The van der Waals surface area contributed by atoms with Crippen molar-refractivity contribution in [3.8, 4) is 0 Å². The molecule has 0 aromatic carbocycles. The lowest BCUT2D eigenvalue weighted by Crippen LogP contribution is -2.21. The van der Waals surface area contributed by atoms with Crippen LogP contribution in [0.1, 0.15) is 13.3 Å². The van der Waals surface area contributed by atoms with Gasteiger partial charge in [0, 0.05) is 13.0 Å². The van der Waals surface area contributed by atoms with Gasteiger partial charge in [-0.05, 0) is 20.0 Å². The lowest BCUT2D eigenvalue weighted by molar-refractivity contribution is -0.138. The molecule has 0 aromatic rings. The summed E-state index contributed by atoms with van der Waals surface area (Å²) in [6, 6.07) is 0. The highest BCUT2D eigenvalue weighted by atomic mass is 16.4. The Bertz CT molecular complexity index is 112. The van der Waals surface area contributed by atoms with E-state index in [9.17, 15) is 4.79 Å². The van der Waals surface area contributed by atoms with Crippen LogP contribution in [-0.2, 0) is 4.79 Å². The van der Waals surface area contributed by atoms with Crippen LogP contribution in [0.3, 0.4) is 0 Å². The van der Waals surface area contributed by atoms with Crippen LogP contribution in [0.5, 0.6) is 0 Å². The van der Waals surface area contributed by atoms with Gasteiger partial charge in [-0.3, -0.25) is 4.79 Å². The van der Waals surface area contributed by atoms with Gasteiger partial charge in [-0.1, -0.05) is 6.92 Å². The molecule has 0 amide bonds. The molecular formula is C7H15NO2. The van der Waals surface area contributed by atoms with E-state index in [2.05, 4.69) is 0 Å². The Labute approximate surface area is 61.6 Å². The molecular weight excluding hydrogens is 130 g/mol. The highest BCUT2D eigenvalue weighted by molar-refractivity contribution is 5.66. The quantitative estimate of drug-likeness (QED) is 0.631. The molecule has 1 atom stereocenters. The zero-order chi connectivity index (χ0) is 8.15. The third kappa shape index (κ3) is 5.56. The van der Waals surface area contributed by atoms with Crippen molar-refractivity contribution in [3.05, 3.63) is 0 Å². The largest absolute Gasteiger partial charge is 0.481 e. The lowest BCUT2D eigenvalue weighted by Gasteiger charge is -2.14. The predicted octanol–water partition coefficient (Wildman–Crippen LogP) is 0.659. The molecule has 0 aliphatic heterocycles. The minimum absolute atomic E-state index is 0.243. The first-order valence-electron chi connectivity index (χ1n) is 3.39. The number of nitrogens with zero attached hydrogens (tertiary/aromatic N) is 1. The molecule has 3 nitrogen and oxygen atoms in total. The molecule has 0 aromatic heterocycles. The van der Waals surface area contributed by atoms with Crippen LogP contribution < -0.4 is 0 Å². The number of hydrogen-bond donors (Lipinski definition) is 1. The van der Waals surface area contributed by atoms with Gasteiger partial charge < -0.3 is 10.0 Å². The van der Waals surface area contributed by atoms with E-state index in [-0.39, 0.29) is 12.3 Å².